The molecule has 2 heterocycles. The number of hydrogen-bond acceptors (Lipinski definition) is 3. The van der Waals surface area contributed by atoms with Crippen LogP contribution in [0.2, 0.25) is 0 Å². The van der Waals surface area contributed by atoms with E-state index in [0.717, 1.165) is 30.8 Å². The van der Waals surface area contributed by atoms with Crippen LogP contribution in [0.4, 0.5) is 4.39 Å². The van der Waals surface area contributed by atoms with E-state index in [1.807, 2.05) is 12.1 Å². The molecule has 0 amide bonds. The zero-order chi connectivity index (χ0) is 18.1. The van der Waals surface area contributed by atoms with Crippen LogP contribution < -0.4 is 0 Å². The van der Waals surface area contributed by atoms with Crippen molar-refractivity contribution < 1.29 is 9.50 Å². The van der Waals surface area contributed by atoms with Crippen molar-refractivity contribution in [1.82, 2.24) is 9.80 Å². The Labute approximate surface area is 155 Å². The number of aliphatic hydroxyl groups is 1. The lowest BCUT2D eigenvalue weighted by molar-refractivity contribution is -0.0614. The first-order valence-corrected chi connectivity index (χ1v) is 9.58. The summed E-state index contributed by atoms with van der Waals surface area (Å²) in [7, 11) is 2.20. The normalized spacial score (nSPS) is 27.3. The molecular weight excluding hydrogens is 327 g/mol. The molecule has 0 saturated carbocycles. The zero-order valence-electron chi connectivity index (χ0n) is 15.3. The van der Waals surface area contributed by atoms with Gasteiger partial charge in [-0.25, -0.2) is 4.39 Å². The number of nitrogens with zero attached hydrogens (tertiary/aromatic N) is 2. The second-order valence-corrected chi connectivity index (χ2v) is 7.68. The quantitative estimate of drug-likeness (QED) is 0.916. The second kappa shape index (κ2) is 7.47. The molecule has 4 heteroatoms. The average Bonchev–Trinajstić information content (AvgIpc) is 2.64. The van der Waals surface area contributed by atoms with Crippen molar-refractivity contribution in [3.05, 3.63) is 59.9 Å². The van der Waals surface area contributed by atoms with Crippen LogP contribution in [0.25, 0.3) is 11.1 Å². The monoisotopic (exact) mass is 354 g/mol. The summed E-state index contributed by atoms with van der Waals surface area (Å²) in [5, 5.41) is 9.95. The van der Waals surface area contributed by atoms with Crippen LogP contribution in [0.1, 0.15) is 24.3 Å². The average molecular weight is 354 g/mol. The summed E-state index contributed by atoms with van der Waals surface area (Å²) in [6.07, 6.45) is 2.43. The Morgan fingerprint density at radius 1 is 0.962 bits per heavy atom. The number of aliphatic hydroxyl groups excluding tert-OH is 1. The maximum Gasteiger partial charge on any atom is 0.123 e. The van der Waals surface area contributed by atoms with Crippen LogP contribution in [0.5, 0.6) is 0 Å². The van der Waals surface area contributed by atoms with E-state index in [0.29, 0.717) is 12.0 Å². The fourth-order valence-corrected chi connectivity index (χ4v) is 4.65. The predicted octanol–water partition coefficient (Wildman–Crippen LogP) is 3.35. The number of hydrogen-bond donors (Lipinski definition) is 1. The predicted molar refractivity (Wildman–Crippen MR) is 103 cm³/mol. The largest absolute Gasteiger partial charge is 0.395 e. The van der Waals surface area contributed by atoms with Gasteiger partial charge in [-0.2, -0.15) is 0 Å². The minimum atomic E-state index is -0.209. The Morgan fingerprint density at radius 3 is 2.23 bits per heavy atom. The molecule has 0 aliphatic carbocycles. The standard InChI is InChI=1S/C22H27FN2O/c1-24-12-2-3-13-25-20(14-24)22(21(25)15-26)18-6-4-16(5-7-18)17-8-10-19(23)11-9-17/h4-11,20-22,26H,2-3,12-15H2,1H3/t20-,21-,22-/m0/s1. The van der Waals surface area contributed by atoms with Gasteiger partial charge in [-0.3, -0.25) is 4.90 Å². The molecule has 4 rings (SSSR count). The fraction of sp³-hybridized carbons (Fsp3) is 0.455. The van der Waals surface area contributed by atoms with E-state index in [4.69, 9.17) is 0 Å². The first-order chi connectivity index (χ1) is 12.7. The maximum absolute atomic E-state index is 13.1. The summed E-state index contributed by atoms with van der Waals surface area (Å²) in [4.78, 5) is 4.92. The summed E-state index contributed by atoms with van der Waals surface area (Å²) in [5.74, 6) is 0.168. The van der Waals surface area contributed by atoms with Gasteiger partial charge in [-0.05, 0) is 61.8 Å². The lowest BCUT2D eigenvalue weighted by Crippen LogP contribution is -2.67. The molecular formula is C22H27FN2O. The molecule has 0 spiro atoms. The summed E-state index contributed by atoms with van der Waals surface area (Å²) >= 11 is 0. The van der Waals surface area contributed by atoms with E-state index in [1.54, 1.807) is 0 Å². The van der Waals surface area contributed by atoms with Crippen LogP contribution in [0.3, 0.4) is 0 Å². The third-order valence-corrected chi connectivity index (χ3v) is 6.05. The Balaban J connectivity index is 1.56. The lowest BCUT2D eigenvalue weighted by atomic mass is 9.74. The summed E-state index contributed by atoms with van der Waals surface area (Å²) in [6.45, 7) is 3.52. The molecule has 138 valence electrons. The highest BCUT2D eigenvalue weighted by atomic mass is 19.1. The number of benzene rings is 2. The van der Waals surface area contributed by atoms with Crippen LogP contribution in [-0.2, 0) is 0 Å². The molecule has 2 aliphatic rings. The molecule has 0 radical (unpaired) electrons. The van der Waals surface area contributed by atoms with Gasteiger partial charge >= 0.3 is 0 Å². The number of fused-ring (bicyclic) bond motifs is 1. The molecule has 0 bridgehead atoms. The maximum atomic E-state index is 13.1. The third kappa shape index (κ3) is 3.29. The van der Waals surface area contributed by atoms with E-state index in [1.165, 1.54) is 30.5 Å². The van der Waals surface area contributed by atoms with Gasteiger partial charge < -0.3 is 10.0 Å². The first-order valence-electron chi connectivity index (χ1n) is 9.58. The highest BCUT2D eigenvalue weighted by molar-refractivity contribution is 5.63. The molecule has 26 heavy (non-hydrogen) atoms. The highest BCUT2D eigenvalue weighted by Crippen LogP contribution is 2.42. The second-order valence-electron chi connectivity index (χ2n) is 7.68. The van der Waals surface area contributed by atoms with Crippen LogP contribution in [0.15, 0.2) is 48.5 Å². The van der Waals surface area contributed by atoms with E-state index in [9.17, 15) is 9.50 Å². The van der Waals surface area contributed by atoms with Gasteiger partial charge in [-0.15, -0.1) is 0 Å². The highest BCUT2D eigenvalue weighted by Gasteiger charge is 2.48. The molecule has 2 saturated heterocycles. The van der Waals surface area contributed by atoms with Crippen molar-refractivity contribution in [3.8, 4) is 11.1 Å². The van der Waals surface area contributed by atoms with Crippen molar-refractivity contribution in [3.63, 3.8) is 0 Å². The Kier molecular flexibility index (Phi) is 5.07. The fourth-order valence-electron chi connectivity index (χ4n) is 4.65. The van der Waals surface area contributed by atoms with Gasteiger partial charge in [0, 0.05) is 24.5 Å². The van der Waals surface area contributed by atoms with E-state index >= 15 is 0 Å². The zero-order valence-corrected chi connectivity index (χ0v) is 15.3. The summed E-state index contributed by atoms with van der Waals surface area (Å²) < 4.78 is 13.1. The number of halogens is 1. The SMILES string of the molecule is CN1CCCCN2[C@@H](CO)[C@@H](c3ccc(-c4ccc(F)cc4)cc3)[C@@H]2C1. The van der Waals surface area contributed by atoms with Crippen molar-refractivity contribution in [1.29, 1.82) is 0 Å². The van der Waals surface area contributed by atoms with Crippen molar-refractivity contribution in [2.24, 2.45) is 0 Å². The molecule has 2 fully saturated rings. The van der Waals surface area contributed by atoms with Crippen LogP contribution in [0, 0.1) is 5.82 Å². The molecule has 3 atom stereocenters. The first kappa shape index (κ1) is 17.7. The van der Waals surface area contributed by atoms with Crippen LogP contribution in [-0.4, -0.2) is 60.3 Å². The number of likely N-dealkylation sites (N-methyl/N-ethyl adjacent to an activating group) is 1. The Hall–Kier alpha value is -1.75. The van der Waals surface area contributed by atoms with Crippen molar-refractivity contribution in [2.45, 2.75) is 30.8 Å². The van der Waals surface area contributed by atoms with Crippen molar-refractivity contribution in [2.75, 3.05) is 33.3 Å². The summed E-state index contributed by atoms with van der Waals surface area (Å²) in [5.41, 5.74) is 3.42. The van der Waals surface area contributed by atoms with E-state index in [-0.39, 0.29) is 18.5 Å². The minimum Gasteiger partial charge on any atom is -0.395 e. The van der Waals surface area contributed by atoms with E-state index < -0.39 is 0 Å². The van der Waals surface area contributed by atoms with Gasteiger partial charge in [0.1, 0.15) is 5.82 Å². The molecule has 2 aromatic rings. The van der Waals surface area contributed by atoms with Gasteiger partial charge in [0.2, 0.25) is 0 Å². The molecule has 2 aromatic carbocycles. The van der Waals surface area contributed by atoms with Gasteiger partial charge in [0.25, 0.3) is 0 Å². The Morgan fingerprint density at radius 2 is 1.58 bits per heavy atom. The summed E-state index contributed by atoms with van der Waals surface area (Å²) in [6, 6.07) is 15.9. The third-order valence-electron chi connectivity index (χ3n) is 6.05. The van der Waals surface area contributed by atoms with Gasteiger partial charge in [0.15, 0.2) is 0 Å². The van der Waals surface area contributed by atoms with Gasteiger partial charge in [0.05, 0.1) is 6.61 Å². The minimum absolute atomic E-state index is 0.209. The van der Waals surface area contributed by atoms with Gasteiger partial charge in [-0.1, -0.05) is 36.4 Å². The number of rotatable bonds is 3. The van der Waals surface area contributed by atoms with Crippen molar-refractivity contribution >= 4 is 0 Å². The Bertz CT molecular complexity index is 731. The smallest absolute Gasteiger partial charge is 0.123 e. The molecule has 0 unspecified atom stereocenters. The molecule has 2 aliphatic heterocycles. The topological polar surface area (TPSA) is 26.7 Å². The molecule has 0 aromatic heterocycles. The lowest BCUT2D eigenvalue weighted by Gasteiger charge is -2.57. The molecule has 1 N–H and O–H groups in total. The van der Waals surface area contributed by atoms with Crippen LogP contribution >= 0.6 is 0 Å². The molecule has 3 nitrogen and oxygen atoms in total. The van der Waals surface area contributed by atoms with E-state index in [2.05, 4.69) is 41.1 Å².